The Labute approximate surface area is 131 Å². The van der Waals surface area contributed by atoms with E-state index < -0.39 is 0 Å². The van der Waals surface area contributed by atoms with Crippen LogP contribution in [0.1, 0.15) is 40.9 Å². The summed E-state index contributed by atoms with van der Waals surface area (Å²) in [6.07, 6.45) is 3.52. The molecule has 1 aliphatic heterocycles. The van der Waals surface area contributed by atoms with Gasteiger partial charge >= 0.3 is 0 Å². The van der Waals surface area contributed by atoms with Crippen molar-refractivity contribution in [1.82, 2.24) is 10.6 Å². The van der Waals surface area contributed by atoms with Crippen LogP contribution in [-0.4, -0.2) is 25.5 Å². The van der Waals surface area contributed by atoms with Gasteiger partial charge in [-0.3, -0.25) is 4.79 Å². The highest BCUT2D eigenvalue weighted by Crippen LogP contribution is 2.27. The summed E-state index contributed by atoms with van der Waals surface area (Å²) in [4.78, 5) is 12.4. The number of aryl methyl sites for hydroxylation is 2. The van der Waals surface area contributed by atoms with Crippen LogP contribution < -0.4 is 10.6 Å². The second-order valence-electron chi connectivity index (χ2n) is 6.26. The van der Waals surface area contributed by atoms with E-state index in [0.717, 1.165) is 41.6 Å². The zero-order valence-corrected chi connectivity index (χ0v) is 13.4. The second-order valence-corrected chi connectivity index (χ2v) is 6.26. The fourth-order valence-corrected chi connectivity index (χ4v) is 3.24. The molecule has 0 saturated carbocycles. The van der Waals surface area contributed by atoms with Crippen molar-refractivity contribution in [2.75, 3.05) is 19.6 Å². The van der Waals surface area contributed by atoms with Gasteiger partial charge in [0.25, 0.3) is 5.91 Å². The third-order valence-corrected chi connectivity index (χ3v) is 4.60. The molecule has 0 aliphatic carbocycles. The lowest BCUT2D eigenvalue weighted by atomic mass is 9.96. The quantitative estimate of drug-likeness (QED) is 0.912. The highest BCUT2D eigenvalue weighted by Gasteiger charge is 2.19. The minimum absolute atomic E-state index is 0.100. The Balaban J connectivity index is 1.64. The van der Waals surface area contributed by atoms with Crippen molar-refractivity contribution in [3.05, 3.63) is 35.1 Å². The van der Waals surface area contributed by atoms with E-state index in [1.165, 1.54) is 12.8 Å². The van der Waals surface area contributed by atoms with Crippen LogP contribution in [0.2, 0.25) is 0 Å². The summed E-state index contributed by atoms with van der Waals surface area (Å²) in [6.45, 7) is 6.86. The monoisotopic (exact) mass is 300 g/mol. The zero-order valence-electron chi connectivity index (χ0n) is 13.4. The first-order valence-corrected chi connectivity index (χ1v) is 8.14. The molecule has 1 amide bonds. The number of benzene rings is 1. The van der Waals surface area contributed by atoms with E-state index in [-0.39, 0.29) is 5.91 Å². The number of hydrogen-bond acceptors (Lipinski definition) is 3. The lowest BCUT2D eigenvalue weighted by molar-refractivity contribution is 0.0924. The predicted octanol–water partition coefficient (Wildman–Crippen LogP) is 3.17. The van der Waals surface area contributed by atoms with Gasteiger partial charge < -0.3 is 15.1 Å². The number of amides is 1. The first-order chi connectivity index (χ1) is 10.7. The Bertz CT molecular complexity index is 669. The number of piperidine rings is 1. The molecular weight excluding hydrogens is 276 g/mol. The number of para-hydroxylation sites is 1. The van der Waals surface area contributed by atoms with E-state index in [0.29, 0.717) is 18.2 Å². The molecule has 1 aromatic carbocycles. The molecule has 1 atom stereocenters. The molecule has 1 aromatic heterocycles. The van der Waals surface area contributed by atoms with Crippen molar-refractivity contribution >= 4 is 16.9 Å². The molecule has 1 saturated heterocycles. The van der Waals surface area contributed by atoms with Crippen molar-refractivity contribution in [3.63, 3.8) is 0 Å². The number of nitrogens with one attached hydrogen (secondary N) is 2. The van der Waals surface area contributed by atoms with Gasteiger partial charge in [-0.15, -0.1) is 0 Å². The summed E-state index contributed by atoms with van der Waals surface area (Å²) >= 11 is 0. The SMILES string of the molecule is Cc1c(C(=O)NCCC2CCCNC2)oc2c(C)cccc12. The molecule has 118 valence electrons. The zero-order chi connectivity index (χ0) is 15.5. The van der Waals surface area contributed by atoms with E-state index >= 15 is 0 Å². The lowest BCUT2D eigenvalue weighted by Gasteiger charge is -2.22. The molecule has 4 heteroatoms. The Morgan fingerprint density at radius 2 is 2.27 bits per heavy atom. The third-order valence-electron chi connectivity index (χ3n) is 4.60. The van der Waals surface area contributed by atoms with Crippen molar-refractivity contribution in [3.8, 4) is 0 Å². The molecule has 1 aliphatic rings. The van der Waals surface area contributed by atoms with Gasteiger partial charge in [-0.25, -0.2) is 0 Å². The van der Waals surface area contributed by atoms with Crippen LogP contribution in [0, 0.1) is 19.8 Å². The minimum atomic E-state index is -0.100. The second kappa shape index (κ2) is 6.53. The maximum atomic E-state index is 12.4. The molecule has 22 heavy (non-hydrogen) atoms. The summed E-state index contributed by atoms with van der Waals surface area (Å²) in [7, 11) is 0. The smallest absolute Gasteiger partial charge is 0.287 e. The summed E-state index contributed by atoms with van der Waals surface area (Å²) in [6, 6.07) is 6.01. The Morgan fingerprint density at radius 1 is 1.41 bits per heavy atom. The normalized spacial score (nSPS) is 18.5. The maximum Gasteiger partial charge on any atom is 0.287 e. The molecule has 1 unspecified atom stereocenters. The van der Waals surface area contributed by atoms with Gasteiger partial charge in [0.05, 0.1) is 0 Å². The third kappa shape index (κ3) is 3.02. The van der Waals surface area contributed by atoms with Gasteiger partial charge in [0, 0.05) is 17.5 Å². The Morgan fingerprint density at radius 3 is 3.00 bits per heavy atom. The number of furan rings is 1. The van der Waals surface area contributed by atoms with Crippen molar-refractivity contribution in [1.29, 1.82) is 0 Å². The van der Waals surface area contributed by atoms with E-state index in [1.807, 2.05) is 32.0 Å². The summed E-state index contributed by atoms with van der Waals surface area (Å²) < 4.78 is 5.81. The van der Waals surface area contributed by atoms with Crippen LogP contribution in [0.4, 0.5) is 0 Å². The van der Waals surface area contributed by atoms with Crippen molar-refractivity contribution < 1.29 is 9.21 Å². The molecule has 0 spiro atoms. The summed E-state index contributed by atoms with van der Waals surface area (Å²) in [5, 5.41) is 7.44. The van der Waals surface area contributed by atoms with Crippen LogP contribution in [-0.2, 0) is 0 Å². The number of carbonyl (C=O) groups excluding carboxylic acids is 1. The van der Waals surface area contributed by atoms with Gasteiger partial charge in [-0.2, -0.15) is 0 Å². The standard InChI is InChI=1S/C18H24N2O2/c1-12-5-3-7-15-13(2)17(22-16(12)15)18(21)20-10-8-14-6-4-9-19-11-14/h3,5,7,14,19H,4,6,8-11H2,1-2H3,(H,20,21). The lowest BCUT2D eigenvalue weighted by Crippen LogP contribution is -2.33. The largest absolute Gasteiger partial charge is 0.450 e. The molecule has 0 bridgehead atoms. The van der Waals surface area contributed by atoms with E-state index in [9.17, 15) is 4.79 Å². The van der Waals surface area contributed by atoms with Crippen LogP contribution >= 0.6 is 0 Å². The van der Waals surface area contributed by atoms with Gasteiger partial charge in [0.15, 0.2) is 5.76 Å². The van der Waals surface area contributed by atoms with Crippen molar-refractivity contribution in [2.24, 2.45) is 5.92 Å². The van der Waals surface area contributed by atoms with Crippen molar-refractivity contribution in [2.45, 2.75) is 33.1 Å². The molecule has 2 aromatic rings. The van der Waals surface area contributed by atoms with Gasteiger partial charge in [0.1, 0.15) is 5.58 Å². The number of rotatable bonds is 4. The number of hydrogen-bond donors (Lipinski definition) is 2. The van der Waals surface area contributed by atoms with Gasteiger partial charge in [-0.05, 0) is 57.7 Å². The van der Waals surface area contributed by atoms with Crippen LogP contribution in [0.25, 0.3) is 11.0 Å². The fraction of sp³-hybridized carbons (Fsp3) is 0.500. The Hall–Kier alpha value is -1.81. The topological polar surface area (TPSA) is 54.3 Å². The highest BCUT2D eigenvalue weighted by atomic mass is 16.3. The molecule has 1 fully saturated rings. The van der Waals surface area contributed by atoms with Gasteiger partial charge in [0.2, 0.25) is 0 Å². The van der Waals surface area contributed by atoms with E-state index in [4.69, 9.17) is 4.42 Å². The van der Waals surface area contributed by atoms with Crippen LogP contribution in [0.3, 0.4) is 0 Å². The molecule has 2 heterocycles. The fourth-order valence-electron chi connectivity index (χ4n) is 3.24. The van der Waals surface area contributed by atoms with Crippen LogP contribution in [0.15, 0.2) is 22.6 Å². The maximum absolute atomic E-state index is 12.4. The summed E-state index contributed by atoms with van der Waals surface area (Å²) in [5.41, 5.74) is 2.81. The molecule has 4 nitrogen and oxygen atoms in total. The first-order valence-electron chi connectivity index (χ1n) is 8.14. The molecule has 2 N–H and O–H groups in total. The highest BCUT2D eigenvalue weighted by molar-refractivity contribution is 5.99. The summed E-state index contributed by atoms with van der Waals surface area (Å²) in [5.74, 6) is 1.02. The average molecular weight is 300 g/mol. The average Bonchev–Trinajstić information content (AvgIpc) is 2.87. The van der Waals surface area contributed by atoms with E-state index in [1.54, 1.807) is 0 Å². The van der Waals surface area contributed by atoms with Crippen LogP contribution in [0.5, 0.6) is 0 Å². The molecule has 0 radical (unpaired) electrons. The predicted molar refractivity (Wildman–Crippen MR) is 88.2 cm³/mol. The molecular formula is C18H24N2O2. The molecule has 3 rings (SSSR count). The first kappa shape index (κ1) is 15.1. The minimum Gasteiger partial charge on any atom is -0.450 e. The number of fused-ring (bicyclic) bond motifs is 1. The Kier molecular flexibility index (Phi) is 4.48. The number of carbonyl (C=O) groups is 1. The van der Waals surface area contributed by atoms with E-state index in [2.05, 4.69) is 10.6 Å². The van der Waals surface area contributed by atoms with Gasteiger partial charge in [-0.1, -0.05) is 18.2 Å².